The quantitative estimate of drug-likeness (QED) is 0.745. The highest BCUT2D eigenvalue weighted by Crippen LogP contribution is 2.33. The molecule has 0 bridgehead atoms. The van der Waals surface area contributed by atoms with Crippen LogP contribution in [-0.2, 0) is 9.53 Å². The third-order valence-electron chi connectivity index (χ3n) is 4.36. The van der Waals surface area contributed by atoms with Gasteiger partial charge in [-0.1, -0.05) is 0 Å². The number of rotatable bonds is 5. The standard InChI is InChI=1S/C14H24N2O2/c1-18-14(17)7-10-6-12(15-11-2-3-11)9-16(8-10)13-4-5-13/h10-13,15H,2-9H2,1H3. The lowest BCUT2D eigenvalue weighted by Gasteiger charge is -2.38. The number of carbonyl (C=O) groups is 1. The van der Waals surface area contributed by atoms with Gasteiger partial charge >= 0.3 is 5.97 Å². The summed E-state index contributed by atoms with van der Waals surface area (Å²) in [6.45, 7) is 2.27. The largest absolute Gasteiger partial charge is 0.469 e. The van der Waals surface area contributed by atoms with E-state index in [1.165, 1.54) is 39.3 Å². The van der Waals surface area contributed by atoms with Gasteiger partial charge in [-0.15, -0.1) is 0 Å². The van der Waals surface area contributed by atoms with Crippen LogP contribution in [0.15, 0.2) is 0 Å². The molecule has 3 rings (SSSR count). The molecule has 0 spiro atoms. The van der Waals surface area contributed by atoms with E-state index in [1.54, 1.807) is 0 Å². The average molecular weight is 252 g/mol. The molecule has 4 nitrogen and oxygen atoms in total. The summed E-state index contributed by atoms with van der Waals surface area (Å²) in [5, 5.41) is 3.73. The van der Waals surface area contributed by atoms with Crippen molar-refractivity contribution in [2.45, 2.75) is 56.7 Å². The van der Waals surface area contributed by atoms with Gasteiger partial charge in [-0.2, -0.15) is 0 Å². The lowest BCUT2D eigenvalue weighted by molar-refractivity contribution is -0.142. The highest BCUT2D eigenvalue weighted by atomic mass is 16.5. The lowest BCUT2D eigenvalue weighted by Crippen LogP contribution is -2.50. The van der Waals surface area contributed by atoms with Crippen LogP contribution in [0.25, 0.3) is 0 Å². The molecule has 0 aromatic carbocycles. The molecule has 3 aliphatic rings. The minimum Gasteiger partial charge on any atom is -0.469 e. The summed E-state index contributed by atoms with van der Waals surface area (Å²) in [5.74, 6) is 0.422. The van der Waals surface area contributed by atoms with Gasteiger partial charge in [0.15, 0.2) is 0 Å². The number of nitrogens with one attached hydrogen (secondary N) is 1. The SMILES string of the molecule is COC(=O)CC1CC(NC2CC2)CN(C2CC2)C1. The maximum Gasteiger partial charge on any atom is 0.305 e. The van der Waals surface area contributed by atoms with Gasteiger partial charge in [0.2, 0.25) is 0 Å². The molecule has 2 unspecified atom stereocenters. The van der Waals surface area contributed by atoms with Crippen molar-refractivity contribution in [1.82, 2.24) is 10.2 Å². The monoisotopic (exact) mass is 252 g/mol. The van der Waals surface area contributed by atoms with Crippen molar-refractivity contribution in [3.8, 4) is 0 Å². The number of carbonyl (C=O) groups excluding carboxylic acids is 1. The zero-order valence-corrected chi connectivity index (χ0v) is 11.2. The third-order valence-corrected chi connectivity index (χ3v) is 4.36. The zero-order chi connectivity index (χ0) is 12.5. The third kappa shape index (κ3) is 3.23. The Morgan fingerprint density at radius 2 is 2.00 bits per heavy atom. The van der Waals surface area contributed by atoms with Crippen LogP contribution in [0.2, 0.25) is 0 Å². The summed E-state index contributed by atoms with van der Waals surface area (Å²) in [7, 11) is 1.49. The molecule has 1 N–H and O–H groups in total. The minimum atomic E-state index is -0.0529. The zero-order valence-electron chi connectivity index (χ0n) is 11.2. The Bertz CT molecular complexity index is 313. The normalized spacial score (nSPS) is 33.4. The summed E-state index contributed by atoms with van der Waals surface area (Å²) in [6.07, 6.45) is 7.09. The molecule has 102 valence electrons. The first-order chi connectivity index (χ1) is 8.74. The minimum absolute atomic E-state index is 0.0529. The Labute approximate surface area is 109 Å². The van der Waals surface area contributed by atoms with Crippen LogP contribution in [0.1, 0.15) is 38.5 Å². The number of methoxy groups -OCH3 is 1. The number of hydrogen-bond acceptors (Lipinski definition) is 4. The van der Waals surface area contributed by atoms with Crippen molar-refractivity contribution in [1.29, 1.82) is 0 Å². The summed E-state index contributed by atoms with van der Waals surface area (Å²) < 4.78 is 4.82. The van der Waals surface area contributed by atoms with E-state index in [9.17, 15) is 4.79 Å². The highest BCUT2D eigenvalue weighted by molar-refractivity contribution is 5.69. The van der Waals surface area contributed by atoms with E-state index in [4.69, 9.17) is 4.74 Å². The molecule has 0 aromatic rings. The highest BCUT2D eigenvalue weighted by Gasteiger charge is 2.38. The lowest BCUT2D eigenvalue weighted by atomic mass is 9.91. The van der Waals surface area contributed by atoms with E-state index >= 15 is 0 Å². The molecule has 1 aliphatic heterocycles. The second-order valence-electron chi connectivity index (χ2n) is 6.20. The number of likely N-dealkylation sites (tertiary alicyclic amines) is 1. The molecule has 1 heterocycles. The van der Waals surface area contributed by atoms with Gasteiger partial charge in [0, 0.05) is 37.6 Å². The summed E-state index contributed by atoms with van der Waals surface area (Å²) >= 11 is 0. The molecule has 0 amide bonds. The predicted molar refractivity (Wildman–Crippen MR) is 69.3 cm³/mol. The van der Waals surface area contributed by atoms with Crippen LogP contribution in [0.3, 0.4) is 0 Å². The molecule has 4 heteroatoms. The molecule has 2 aliphatic carbocycles. The Morgan fingerprint density at radius 1 is 1.22 bits per heavy atom. The van der Waals surface area contributed by atoms with Crippen LogP contribution in [0.4, 0.5) is 0 Å². The fourth-order valence-electron chi connectivity index (χ4n) is 3.15. The summed E-state index contributed by atoms with van der Waals surface area (Å²) in [4.78, 5) is 14.0. The molecular weight excluding hydrogens is 228 g/mol. The van der Waals surface area contributed by atoms with Crippen molar-refractivity contribution in [2.75, 3.05) is 20.2 Å². The molecule has 2 atom stereocenters. The van der Waals surface area contributed by atoms with Crippen LogP contribution in [0, 0.1) is 5.92 Å². The fraction of sp³-hybridized carbons (Fsp3) is 0.929. The average Bonchev–Trinajstić information content (AvgIpc) is 3.21. The van der Waals surface area contributed by atoms with E-state index in [0.29, 0.717) is 18.4 Å². The number of esters is 1. The predicted octanol–water partition coefficient (Wildman–Crippen LogP) is 1.15. The first-order valence-electron chi connectivity index (χ1n) is 7.31. The first-order valence-corrected chi connectivity index (χ1v) is 7.31. The molecule has 18 heavy (non-hydrogen) atoms. The molecule has 1 saturated heterocycles. The van der Waals surface area contributed by atoms with Gasteiger partial charge in [0.1, 0.15) is 0 Å². The second kappa shape index (κ2) is 5.17. The van der Waals surface area contributed by atoms with Crippen molar-refractivity contribution in [3.63, 3.8) is 0 Å². The number of nitrogens with zero attached hydrogens (tertiary/aromatic N) is 1. The smallest absolute Gasteiger partial charge is 0.305 e. The Kier molecular flexibility index (Phi) is 3.57. The van der Waals surface area contributed by atoms with E-state index in [1.807, 2.05) is 0 Å². The maximum absolute atomic E-state index is 11.5. The van der Waals surface area contributed by atoms with E-state index in [0.717, 1.165) is 25.0 Å². The number of ether oxygens (including phenoxy) is 1. The van der Waals surface area contributed by atoms with Gasteiger partial charge < -0.3 is 10.1 Å². The van der Waals surface area contributed by atoms with Crippen molar-refractivity contribution < 1.29 is 9.53 Å². The number of piperidine rings is 1. The molecule has 3 fully saturated rings. The summed E-state index contributed by atoms with van der Waals surface area (Å²) in [5.41, 5.74) is 0. The van der Waals surface area contributed by atoms with Gasteiger partial charge in [0.25, 0.3) is 0 Å². The van der Waals surface area contributed by atoms with E-state index < -0.39 is 0 Å². The van der Waals surface area contributed by atoms with Crippen LogP contribution < -0.4 is 5.32 Å². The number of hydrogen-bond donors (Lipinski definition) is 1. The van der Waals surface area contributed by atoms with Gasteiger partial charge in [-0.3, -0.25) is 9.69 Å². The summed E-state index contributed by atoms with van der Waals surface area (Å²) in [6, 6.07) is 2.14. The Hall–Kier alpha value is -0.610. The second-order valence-corrected chi connectivity index (χ2v) is 6.20. The molecule has 0 radical (unpaired) electrons. The maximum atomic E-state index is 11.5. The van der Waals surface area contributed by atoms with Crippen LogP contribution >= 0.6 is 0 Å². The first kappa shape index (κ1) is 12.4. The van der Waals surface area contributed by atoms with Crippen molar-refractivity contribution in [2.24, 2.45) is 5.92 Å². The van der Waals surface area contributed by atoms with E-state index in [2.05, 4.69) is 10.2 Å². The van der Waals surface area contributed by atoms with Gasteiger partial charge in [-0.05, 0) is 38.0 Å². The molecular formula is C14H24N2O2. The van der Waals surface area contributed by atoms with Crippen molar-refractivity contribution >= 4 is 5.97 Å². The van der Waals surface area contributed by atoms with Crippen molar-refractivity contribution in [3.05, 3.63) is 0 Å². The van der Waals surface area contributed by atoms with Crippen LogP contribution in [0.5, 0.6) is 0 Å². The Morgan fingerprint density at radius 3 is 2.61 bits per heavy atom. The van der Waals surface area contributed by atoms with Gasteiger partial charge in [0.05, 0.1) is 7.11 Å². The van der Waals surface area contributed by atoms with E-state index in [-0.39, 0.29) is 5.97 Å². The van der Waals surface area contributed by atoms with Crippen LogP contribution in [-0.4, -0.2) is 49.2 Å². The molecule has 0 aromatic heterocycles. The molecule has 2 saturated carbocycles. The van der Waals surface area contributed by atoms with Gasteiger partial charge in [-0.25, -0.2) is 0 Å². The fourth-order valence-corrected chi connectivity index (χ4v) is 3.15. The topological polar surface area (TPSA) is 41.6 Å². The Balaban J connectivity index is 1.56.